The van der Waals surface area contributed by atoms with Crippen LogP contribution in [0.2, 0.25) is 0 Å². The Kier molecular flexibility index (Phi) is 4.70. The summed E-state index contributed by atoms with van der Waals surface area (Å²) in [6.07, 6.45) is 1.75. The molecule has 1 unspecified atom stereocenters. The van der Waals surface area contributed by atoms with E-state index in [4.69, 9.17) is 4.74 Å². The number of hydrogen-bond acceptors (Lipinski definition) is 5. The van der Waals surface area contributed by atoms with Crippen molar-refractivity contribution in [3.63, 3.8) is 0 Å². The average Bonchev–Trinajstić information content (AvgIpc) is 2.44. The molecule has 0 aliphatic rings. The van der Waals surface area contributed by atoms with Crippen molar-refractivity contribution in [2.75, 3.05) is 7.11 Å². The molecule has 2 rings (SSSR count). The number of aromatic amines is 1. The van der Waals surface area contributed by atoms with Crippen LogP contribution in [0.3, 0.4) is 0 Å². The third kappa shape index (κ3) is 3.66. The summed E-state index contributed by atoms with van der Waals surface area (Å²) in [5, 5.41) is 3.31. The van der Waals surface area contributed by atoms with E-state index < -0.39 is 0 Å². The lowest BCUT2D eigenvalue weighted by molar-refractivity contribution is 0.397. The van der Waals surface area contributed by atoms with Gasteiger partial charge in [0, 0.05) is 30.5 Å². The Hall–Kier alpha value is -2.21. The molecule has 2 aromatic rings. The van der Waals surface area contributed by atoms with E-state index in [9.17, 15) is 4.79 Å². The van der Waals surface area contributed by atoms with Crippen molar-refractivity contribution < 1.29 is 4.74 Å². The van der Waals surface area contributed by atoms with Crippen molar-refractivity contribution in [2.24, 2.45) is 0 Å². The quantitative estimate of drug-likeness (QED) is 0.874. The maximum Gasteiger partial charge on any atom is 0.255 e. The molecule has 21 heavy (non-hydrogen) atoms. The largest absolute Gasteiger partial charge is 0.481 e. The summed E-state index contributed by atoms with van der Waals surface area (Å²) in [7, 11) is 1.59. The Bertz CT molecular complexity index is 664. The second-order valence-electron chi connectivity index (χ2n) is 4.96. The standard InChI is InChI=1S/C15H20N4O2/c1-9(14-10(2)18-11(3)19-15(14)20)16-7-12-5-6-13(21-4)17-8-12/h5-6,8-9,16H,7H2,1-4H3,(H,18,19,20). The molecule has 2 heterocycles. The molecule has 0 saturated carbocycles. The summed E-state index contributed by atoms with van der Waals surface area (Å²) in [6.45, 7) is 6.19. The van der Waals surface area contributed by atoms with Gasteiger partial charge in [0.15, 0.2) is 0 Å². The van der Waals surface area contributed by atoms with Crippen LogP contribution >= 0.6 is 0 Å². The minimum absolute atomic E-state index is 0.0899. The summed E-state index contributed by atoms with van der Waals surface area (Å²) in [5.41, 5.74) is 2.36. The lowest BCUT2D eigenvalue weighted by Gasteiger charge is -2.15. The van der Waals surface area contributed by atoms with Gasteiger partial charge in [0.25, 0.3) is 5.56 Å². The van der Waals surface area contributed by atoms with Crippen LogP contribution in [0.1, 0.15) is 35.6 Å². The minimum atomic E-state index is -0.0936. The Labute approximate surface area is 123 Å². The van der Waals surface area contributed by atoms with Gasteiger partial charge in [0.05, 0.1) is 12.7 Å². The Morgan fingerprint density at radius 1 is 1.38 bits per heavy atom. The summed E-state index contributed by atoms with van der Waals surface area (Å²) >= 11 is 0. The predicted molar refractivity (Wildman–Crippen MR) is 80.4 cm³/mol. The summed E-state index contributed by atoms with van der Waals surface area (Å²) in [5.74, 6) is 1.22. The molecule has 1 atom stereocenters. The summed E-state index contributed by atoms with van der Waals surface area (Å²) in [6, 6.07) is 3.66. The Morgan fingerprint density at radius 3 is 2.71 bits per heavy atom. The van der Waals surface area contributed by atoms with E-state index >= 15 is 0 Å². The predicted octanol–water partition coefficient (Wildman–Crippen LogP) is 1.64. The fraction of sp³-hybridized carbons (Fsp3) is 0.400. The van der Waals surface area contributed by atoms with Gasteiger partial charge in [0.1, 0.15) is 5.82 Å². The zero-order chi connectivity index (χ0) is 15.4. The normalized spacial score (nSPS) is 12.2. The van der Waals surface area contributed by atoms with Crippen molar-refractivity contribution in [1.29, 1.82) is 0 Å². The highest BCUT2D eigenvalue weighted by Gasteiger charge is 2.14. The number of hydrogen-bond donors (Lipinski definition) is 2. The van der Waals surface area contributed by atoms with Gasteiger partial charge in [-0.2, -0.15) is 0 Å². The van der Waals surface area contributed by atoms with Crippen LogP contribution in [-0.2, 0) is 6.54 Å². The summed E-state index contributed by atoms with van der Waals surface area (Å²) in [4.78, 5) is 23.2. The highest BCUT2D eigenvalue weighted by molar-refractivity contribution is 5.21. The number of aryl methyl sites for hydroxylation is 2. The number of rotatable bonds is 5. The molecule has 0 fully saturated rings. The molecule has 0 saturated heterocycles. The van der Waals surface area contributed by atoms with Gasteiger partial charge in [-0.1, -0.05) is 6.07 Å². The van der Waals surface area contributed by atoms with Gasteiger partial charge in [-0.3, -0.25) is 4.79 Å². The fourth-order valence-electron chi connectivity index (χ4n) is 2.25. The van der Waals surface area contributed by atoms with E-state index in [2.05, 4.69) is 20.3 Å². The van der Waals surface area contributed by atoms with Gasteiger partial charge in [-0.25, -0.2) is 9.97 Å². The smallest absolute Gasteiger partial charge is 0.255 e. The first-order valence-corrected chi connectivity index (χ1v) is 6.81. The van der Waals surface area contributed by atoms with Crippen LogP contribution in [0.5, 0.6) is 5.88 Å². The molecule has 2 N–H and O–H groups in total. The second kappa shape index (κ2) is 6.49. The SMILES string of the molecule is COc1ccc(CNC(C)c2c(C)nc(C)[nH]c2=O)cn1. The molecule has 0 amide bonds. The molecule has 0 radical (unpaired) electrons. The molecule has 112 valence electrons. The number of ether oxygens (including phenoxy) is 1. The molecule has 0 bridgehead atoms. The third-order valence-corrected chi connectivity index (χ3v) is 3.32. The van der Waals surface area contributed by atoms with E-state index in [0.29, 0.717) is 23.8 Å². The van der Waals surface area contributed by atoms with Crippen molar-refractivity contribution in [1.82, 2.24) is 20.3 Å². The van der Waals surface area contributed by atoms with Crippen LogP contribution in [0.4, 0.5) is 0 Å². The van der Waals surface area contributed by atoms with Crippen LogP contribution in [0, 0.1) is 13.8 Å². The number of nitrogens with zero attached hydrogens (tertiary/aromatic N) is 2. The molecular weight excluding hydrogens is 268 g/mol. The number of nitrogens with one attached hydrogen (secondary N) is 2. The van der Waals surface area contributed by atoms with Crippen LogP contribution in [0.15, 0.2) is 23.1 Å². The Morgan fingerprint density at radius 2 is 2.14 bits per heavy atom. The monoisotopic (exact) mass is 288 g/mol. The number of methoxy groups -OCH3 is 1. The Balaban J connectivity index is 2.08. The number of H-pyrrole nitrogens is 1. The van der Waals surface area contributed by atoms with Gasteiger partial charge < -0.3 is 15.0 Å². The van der Waals surface area contributed by atoms with Crippen LogP contribution in [-0.4, -0.2) is 22.1 Å². The van der Waals surface area contributed by atoms with Crippen LogP contribution < -0.4 is 15.6 Å². The maximum absolute atomic E-state index is 12.0. The van der Waals surface area contributed by atoms with E-state index in [0.717, 1.165) is 11.3 Å². The fourth-order valence-corrected chi connectivity index (χ4v) is 2.25. The van der Waals surface area contributed by atoms with Gasteiger partial charge >= 0.3 is 0 Å². The topological polar surface area (TPSA) is 79.9 Å². The van der Waals surface area contributed by atoms with E-state index in [1.54, 1.807) is 20.2 Å². The molecule has 2 aromatic heterocycles. The van der Waals surface area contributed by atoms with Crippen molar-refractivity contribution in [3.05, 3.63) is 51.3 Å². The second-order valence-corrected chi connectivity index (χ2v) is 4.96. The van der Waals surface area contributed by atoms with Crippen LogP contribution in [0.25, 0.3) is 0 Å². The molecule has 6 heteroatoms. The minimum Gasteiger partial charge on any atom is -0.481 e. The number of pyridine rings is 1. The number of aromatic nitrogens is 3. The van der Waals surface area contributed by atoms with Crippen molar-refractivity contribution >= 4 is 0 Å². The first-order valence-electron chi connectivity index (χ1n) is 6.81. The van der Waals surface area contributed by atoms with E-state index in [1.165, 1.54) is 0 Å². The van der Waals surface area contributed by atoms with Gasteiger partial charge in [-0.15, -0.1) is 0 Å². The molecule has 0 spiro atoms. The lowest BCUT2D eigenvalue weighted by atomic mass is 10.1. The maximum atomic E-state index is 12.0. The molecule has 0 aromatic carbocycles. The highest BCUT2D eigenvalue weighted by Crippen LogP contribution is 2.12. The van der Waals surface area contributed by atoms with Crippen molar-refractivity contribution in [2.45, 2.75) is 33.4 Å². The zero-order valence-electron chi connectivity index (χ0n) is 12.7. The molecule has 0 aliphatic heterocycles. The average molecular weight is 288 g/mol. The lowest BCUT2D eigenvalue weighted by Crippen LogP contribution is -2.27. The van der Waals surface area contributed by atoms with Gasteiger partial charge in [-0.05, 0) is 26.3 Å². The summed E-state index contributed by atoms with van der Waals surface area (Å²) < 4.78 is 5.02. The third-order valence-electron chi connectivity index (χ3n) is 3.32. The molecule has 0 aliphatic carbocycles. The van der Waals surface area contributed by atoms with Gasteiger partial charge in [0.2, 0.25) is 5.88 Å². The van der Waals surface area contributed by atoms with E-state index in [-0.39, 0.29) is 11.6 Å². The first-order chi connectivity index (χ1) is 10.0. The molecular formula is C15H20N4O2. The zero-order valence-corrected chi connectivity index (χ0v) is 12.7. The molecule has 6 nitrogen and oxygen atoms in total. The highest BCUT2D eigenvalue weighted by atomic mass is 16.5. The first kappa shape index (κ1) is 15.2. The van der Waals surface area contributed by atoms with Crippen molar-refractivity contribution in [3.8, 4) is 5.88 Å². The van der Waals surface area contributed by atoms with E-state index in [1.807, 2.05) is 26.0 Å².